The van der Waals surface area contributed by atoms with E-state index in [1.54, 1.807) is 0 Å². The Morgan fingerprint density at radius 2 is 2.06 bits per heavy atom. The Morgan fingerprint density at radius 3 is 2.53 bits per heavy atom. The molecule has 0 spiro atoms. The minimum atomic E-state index is -3.56. The van der Waals surface area contributed by atoms with E-state index in [2.05, 4.69) is 4.72 Å². The quantitative estimate of drug-likeness (QED) is 0.830. The Kier molecular flexibility index (Phi) is 3.10. The van der Waals surface area contributed by atoms with E-state index in [1.807, 2.05) is 6.92 Å². The van der Waals surface area contributed by atoms with E-state index >= 15 is 0 Å². The molecule has 0 atom stereocenters. The SMILES string of the molecule is CC1(NS(=O)(=O)c2ccc(Cl)cc2N)CCC1. The van der Waals surface area contributed by atoms with Gasteiger partial charge in [-0.15, -0.1) is 0 Å². The van der Waals surface area contributed by atoms with Gasteiger partial charge in [0.25, 0.3) is 0 Å². The third kappa shape index (κ3) is 2.56. The van der Waals surface area contributed by atoms with Gasteiger partial charge in [0.05, 0.1) is 5.69 Å². The summed E-state index contributed by atoms with van der Waals surface area (Å²) in [6.07, 6.45) is 2.77. The van der Waals surface area contributed by atoms with Gasteiger partial charge in [0, 0.05) is 10.6 Å². The Hall–Kier alpha value is -0.780. The van der Waals surface area contributed by atoms with Gasteiger partial charge in [-0.25, -0.2) is 13.1 Å². The van der Waals surface area contributed by atoms with Crippen LogP contribution >= 0.6 is 11.6 Å². The summed E-state index contributed by atoms with van der Waals surface area (Å²) in [5, 5.41) is 0.427. The Labute approximate surface area is 106 Å². The van der Waals surface area contributed by atoms with Gasteiger partial charge in [-0.05, 0) is 44.4 Å². The maximum atomic E-state index is 12.1. The van der Waals surface area contributed by atoms with Gasteiger partial charge in [-0.1, -0.05) is 11.6 Å². The number of halogens is 1. The van der Waals surface area contributed by atoms with Crippen LogP contribution in [0.5, 0.6) is 0 Å². The summed E-state index contributed by atoms with van der Waals surface area (Å²) >= 11 is 5.74. The second kappa shape index (κ2) is 4.15. The summed E-state index contributed by atoms with van der Waals surface area (Å²) in [6, 6.07) is 4.40. The van der Waals surface area contributed by atoms with Crippen LogP contribution in [0.3, 0.4) is 0 Å². The Bertz CT molecular complexity index is 538. The zero-order valence-electron chi connectivity index (χ0n) is 9.53. The van der Waals surface area contributed by atoms with Crippen LogP contribution in [0, 0.1) is 0 Å². The van der Waals surface area contributed by atoms with Crippen molar-refractivity contribution >= 4 is 27.3 Å². The van der Waals surface area contributed by atoms with Crippen molar-refractivity contribution in [3.63, 3.8) is 0 Å². The number of anilines is 1. The van der Waals surface area contributed by atoms with Gasteiger partial charge in [0.15, 0.2) is 0 Å². The number of nitrogens with two attached hydrogens (primary N) is 1. The summed E-state index contributed by atoms with van der Waals surface area (Å²) in [5.41, 5.74) is 5.53. The van der Waals surface area contributed by atoms with E-state index < -0.39 is 10.0 Å². The lowest BCUT2D eigenvalue weighted by Gasteiger charge is -2.38. The fourth-order valence-corrected chi connectivity index (χ4v) is 3.71. The van der Waals surface area contributed by atoms with Crippen molar-refractivity contribution in [1.82, 2.24) is 4.72 Å². The summed E-state index contributed by atoms with van der Waals surface area (Å²) in [7, 11) is -3.56. The van der Waals surface area contributed by atoms with Crippen LogP contribution in [0.1, 0.15) is 26.2 Å². The second-order valence-electron chi connectivity index (χ2n) is 4.70. The van der Waals surface area contributed by atoms with Crippen LogP contribution in [-0.2, 0) is 10.0 Å². The van der Waals surface area contributed by atoms with Gasteiger partial charge in [0.2, 0.25) is 10.0 Å². The van der Waals surface area contributed by atoms with Crippen LogP contribution in [0.4, 0.5) is 5.69 Å². The molecule has 1 aromatic rings. The molecule has 0 aliphatic heterocycles. The van der Waals surface area contributed by atoms with Crippen molar-refractivity contribution in [2.75, 3.05) is 5.73 Å². The fourth-order valence-electron chi connectivity index (χ4n) is 1.95. The van der Waals surface area contributed by atoms with Crippen LogP contribution < -0.4 is 10.5 Å². The fraction of sp³-hybridized carbons (Fsp3) is 0.455. The molecule has 1 fully saturated rings. The molecule has 1 aliphatic rings. The molecule has 4 nitrogen and oxygen atoms in total. The molecule has 1 aliphatic carbocycles. The molecule has 1 saturated carbocycles. The van der Waals surface area contributed by atoms with Gasteiger partial charge >= 0.3 is 0 Å². The van der Waals surface area contributed by atoms with Crippen molar-refractivity contribution < 1.29 is 8.42 Å². The number of benzene rings is 1. The summed E-state index contributed by atoms with van der Waals surface area (Å²) in [5.74, 6) is 0. The second-order valence-corrected chi connectivity index (χ2v) is 6.79. The number of sulfonamides is 1. The lowest BCUT2D eigenvalue weighted by Crippen LogP contribution is -2.50. The molecular weight excluding hydrogens is 260 g/mol. The molecule has 0 unspecified atom stereocenters. The highest BCUT2D eigenvalue weighted by Crippen LogP contribution is 2.33. The summed E-state index contributed by atoms with van der Waals surface area (Å²) in [6.45, 7) is 1.90. The summed E-state index contributed by atoms with van der Waals surface area (Å²) in [4.78, 5) is 0.0926. The zero-order valence-corrected chi connectivity index (χ0v) is 11.1. The molecule has 0 heterocycles. The minimum Gasteiger partial charge on any atom is -0.398 e. The normalized spacial score (nSPS) is 18.7. The van der Waals surface area contributed by atoms with Gasteiger partial charge < -0.3 is 5.73 Å². The molecule has 1 aromatic carbocycles. The highest BCUT2D eigenvalue weighted by atomic mass is 35.5. The maximum absolute atomic E-state index is 12.1. The third-order valence-corrected chi connectivity index (χ3v) is 5.05. The molecule has 0 saturated heterocycles. The third-order valence-electron chi connectivity index (χ3n) is 3.10. The molecule has 2 rings (SSSR count). The van der Waals surface area contributed by atoms with E-state index in [4.69, 9.17) is 17.3 Å². The van der Waals surface area contributed by atoms with Gasteiger partial charge in [0.1, 0.15) is 4.90 Å². The maximum Gasteiger partial charge on any atom is 0.243 e. The molecule has 0 amide bonds. The highest BCUT2D eigenvalue weighted by molar-refractivity contribution is 7.89. The van der Waals surface area contributed by atoms with E-state index in [0.717, 1.165) is 19.3 Å². The first kappa shape index (κ1) is 12.7. The van der Waals surface area contributed by atoms with E-state index in [9.17, 15) is 8.42 Å². The van der Waals surface area contributed by atoms with E-state index in [-0.39, 0.29) is 16.1 Å². The average molecular weight is 275 g/mol. The predicted octanol–water partition coefficient (Wildman–Crippen LogP) is 2.14. The lowest BCUT2D eigenvalue weighted by molar-refractivity contribution is 0.248. The molecule has 3 N–H and O–H groups in total. The molecular formula is C11H15ClN2O2S. The standard InChI is InChI=1S/C11H15ClN2O2S/c1-11(5-2-6-11)14-17(15,16)10-4-3-8(12)7-9(10)13/h3-4,7,14H,2,5-6,13H2,1H3. The van der Waals surface area contributed by atoms with Crippen molar-refractivity contribution in [3.05, 3.63) is 23.2 Å². The van der Waals surface area contributed by atoms with Crippen molar-refractivity contribution in [1.29, 1.82) is 0 Å². The predicted molar refractivity (Wildman–Crippen MR) is 68.4 cm³/mol. The van der Waals surface area contributed by atoms with E-state index in [0.29, 0.717) is 5.02 Å². The number of rotatable bonds is 3. The first-order valence-electron chi connectivity index (χ1n) is 5.41. The molecule has 17 heavy (non-hydrogen) atoms. The number of hydrogen-bond donors (Lipinski definition) is 2. The zero-order chi connectivity index (χ0) is 12.7. The van der Waals surface area contributed by atoms with Crippen LogP contribution in [0.25, 0.3) is 0 Å². The number of hydrogen-bond acceptors (Lipinski definition) is 3. The molecule has 0 aromatic heterocycles. The lowest BCUT2D eigenvalue weighted by atomic mass is 9.80. The monoisotopic (exact) mass is 274 g/mol. The molecule has 6 heteroatoms. The van der Waals surface area contributed by atoms with Crippen LogP contribution in [0.15, 0.2) is 23.1 Å². The van der Waals surface area contributed by atoms with Crippen LogP contribution in [0.2, 0.25) is 5.02 Å². The van der Waals surface area contributed by atoms with Gasteiger partial charge in [-0.2, -0.15) is 0 Å². The minimum absolute atomic E-state index is 0.0926. The van der Waals surface area contributed by atoms with Gasteiger partial charge in [-0.3, -0.25) is 0 Å². The smallest absolute Gasteiger partial charge is 0.243 e. The number of nitrogen functional groups attached to an aromatic ring is 1. The summed E-state index contributed by atoms with van der Waals surface area (Å²) < 4.78 is 27.0. The largest absolute Gasteiger partial charge is 0.398 e. The highest BCUT2D eigenvalue weighted by Gasteiger charge is 2.36. The van der Waals surface area contributed by atoms with Crippen molar-refractivity contribution in [3.8, 4) is 0 Å². The molecule has 0 bridgehead atoms. The first-order valence-corrected chi connectivity index (χ1v) is 7.28. The van der Waals surface area contributed by atoms with Crippen LogP contribution in [-0.4, -0.2) is 14.0 Å². The average Bonchev–Trinajstić information content (AvgIpc) is 2.13. The Balaban J connectivity index is 2.31. The van der Waals surface area contributed by atoms with Crippen molar-refractivity contribution in [2.45, 2.75) is 36.6 Å². The van der Waals surface area contributed by atoms with E-state index in [1.165, 1.54) is 18.2 Å². The molecule has 94 valence electrons. The number of nitrogens with one attached hydrogen (secondary N) is 1. The van der Waals surface area contributed by atoms with Crippen molar-refractivity contribution in [2.24, 2.45) is 0 Å². The Morgan fingerprint density at radius 1 is 1.41 bits per heavy atom. The first-order chi connectivity index (χ1) is 7.82. The molecule has 0 radical (unpaired) electrons. The topological polar surface area (TPSA) is 72.2 Å².